The standard InChI is InChI=1S/C13H17NO3/c1-11-7-8-14(10-17-11)13(15)16-9-12-5-3-2-4-6-12/h2-6,11H,7-10H2,1H3. The maximum atomic E-state index is 11.7. The van der Waals surface area contributed by atoms with Gasteiger partial charge in [0.2, 0.25) is 0 Å². The molecule has 1 aromatic carbocycles. The van der Waals surface area contributed by atoms with E-state index in [1.807, 2.05) is 37.3 Å². The normalized spacial score (nSPS) is 20.1. The number of rotatable bonds is 2. The molecule has 0 aliphatic carbocycles. The lowest BCUT2D eigenvalue weighted by molar-refractivity contribution is -0.0551. The van der Waals surface area contributed by atoms with Gasteiger partial charge < -0.3 is 9.47 Å². The third kappa shape index (κ3) is 3.46. The Morgan fingerprint density at radius 2 is 2.24 bits per heavy atom. The lowest BCUT2D eigenvalue weighted by Crippen LogP contribution is -2.41. The number of carbonyl (C=O) groups is 1. The molecule has 1 amide bonds. The molecule has 4 nitrogen and oxygen atoms in total. The van der Waals surface area contributed by atoms with Gasteiger partial charge in [-0.2, -0.15) is 0 Å². The predicted molar refractivity (Wildman–Crippen MR) is 63.4 cm³/mol. The SMILES string of the molecule is CC1CCN(C(=O)OCc2ccccc2)CO1. The van der Waals surface area contributed by atoms with Crippen LogP contribution in [-0.4, -0.2) is 30.4 Å². The van der Waals surface area contributed by atoms with Gasteiger partial charge in [-0.15, -0.1) is 0 Å². The largest absolute Gasteiger partial charge is 0.444 e. The number of benzene rings is 1. The third-order valence-corrected chi connectivity index (χ3v) is 2.78. The first-order chi connectivity index (χ1) is 8.25. The lowest BCUT2D eigenvalue weighted by Gasteiger charge is -2.29. The third-order valence-electron chi connectivity index (χ3n) is 2.78. The molecule has 0 spiro atoms. The van der Waals surface area contributed by atoms with Crippen molar-refractivity contribution < 1.29 is 14.3 Å². The fourth-order valence-corrected chi connectivity index (χ4v) is 1.66. The van der Waals surface area contributed by atoms with Crippen molar-refractivity contribution in [2.45, 2.75) is 26.1 Å². The molecule has 0 aromatic heterocycles. The fourth-order valence-electron chi connectivity index (χ4n) is 1.66. The van der Waals surface area contributed by atoms with Crippen molar-refractivity contribution in [3.63, 3.8) is 0 Å². The Morgan fingerprint density at radius 3 is 2.88 bits per heavy atom. The Balaban J connectivity index is 1.78. The van der Waals surface area contributed by atoms with E-state index < -0.39 is 0 Å². The van der Waals surface area contributed by atoms with Crippen molar-refractivity contribution >= 4 is 6.09 Å². The highest BCUT2D eigenvalue weighted by Gasteiger charge is 2.21. The minimum absolute atomic E-state index is 0.230. The minimum atomic E-state index is -0.305. The van der Waals surface area contributed by atoms with Crippen LogP contribution >= 0.6 is 0 Å². The van der Waals surface area contributed by atoms with Crippen LogP contribution in [-0.2, 0) is 16.1 Å². The molecule has 17 heavy (non-hydrogen) atoms. The Hall–Kier alpha value is -1.55. The molecule has 1 aromatic rings. The van der Waals surface area contributed by atoms with Gasteiger partial charge in [-0.05, 0) is 18.9 Å². The van der Waals surface area contributed by atoms with Crippen LogP contribution < -0.4 is 0 Å². The highest BCUT2D eigenvalue weighted by molar-refractivity contribution is 5.67. The molecule has 2 rings (SSSR count). The Kier molecular flexibility index (Phi) is 3.98. The summed E-state index contributed by atoms with van der Waals surface area (Å²) in [6.45, 7) is 3.35. The molecular weight excluding hydrogens is 218 g/mol. The molecule has 0 N–H and O–H groups in total. The zero-order chi connectivity index (χ0) is 12.1. The topological polar surface area (TPSA) is 38.8 Å². The second kappa shape index (κ2) is 5.68. The van der Waals surface area contributed by atoms with Crippen LogP contribution in [0.3, 0.4) is 0 Å². The van der Waals surface area contributed by atoms with Crippen molar-refractivity contribution in [3.05, 3.63) is 35.9 Å². The van der Waals surface area contributed by atoms with Gasteiger partial charge >= 0.3 is 6.09 Å². The first-order valence-corrected chi connectivity index (χ1v) is 5.83. The van der Waals surface area contributed by atoms with Crippen LogP contribution in [0.2, 0.25) is 0 Å². The van der Waals surface area contributed by atoms with E-state index in [0.29, 0.717) is 19.9 Å². The van der Waals surface area contributed by atoms with Crippen molar-refractivity contribution in [1.82, 2.24) is 4.90 Å². The van der Waals surface area contributed by atoms with Gasteiger partial charge in [0.25, 0.3) is 0 Å². The lowest BCUT2D eigenvalue weighted by atomic mass is 10.2. The highest BCUT2D eigenvalue weighted by atomic mass is 16.6. The molecule has 1 aliphatic rings. The summed E-state index contributed by atoms with van der Waals surface area (Å²) < 4.78 is 10.6. The summed E-state index contributed by atoms with van der Waals surface area (Å²) in [6, 6.07) is 9.65. The fraction of sp³-hybridized carbons (Fsp3) is 0.462. The summed E-state index contributed by atoms with van der Waals surface area (Å²) in [6.07, 6.45) is 0.786. The smallest absolute Gasteiger partial charge is 0.411 e. The van der Waals surface area contributed by atoms with E-state index in [9.17, 15) is 4.79 Å². The van der Waals surface area contributed by atoms with Gasteiger partial charge in [-0.1, -0.05) is 30.3 Å². The Bertz CT molecular complexity index is 358. The molecule has 1 atom stereocenters. The van der Waals surface area contributed by atoms with Crippen LogP contribution in [0.5, 0.6) is 0 Å². The van der Waals surface area contributed by atoms with E-state index in [1.165, 1.54) is 0 Å². The van der Waals surface area contributed by atoms with Crippen LogP contribution in [0.4, 0.5) is 4.79 Å². The average Bonchev–Trinajstić information content (AvgIpc) is 2.38. The Morgan fingerprint density at radius 1 is 1.47 bits per heavy atom. The van der Waals surface area contributed by atoms with Crippen LogP contribution in [0.15, 0.2) is 30.3 Å². The quantitative estimate of drug-likeness (QED) is 0.790. The van der Waals surface area contributed by atoms with Crippen LogP contribution in [0.25, 0.3) is 0 Å². The second-order valence-electron chi connectivity index (χ2n) is 4.20. The highest BCUT2D eigenvalue weighted by Crippen LogP contribution is 2.10. The number of amides is 1. The zero-order valence-corrected chi connectivity index (χ0v) is 9.96. The van der Waals surface area contributed by atoms with E-state index in [0.717, 1.165) is 12.0 Å². The van der Waals surface area contributed by atoms with E-state index in [-0.39, 0.29) is 12.2 Å². The van der Waals surface area contributed by atoms with Gasteiger partial charge in [0.05, 0.1) is 6.10 Å². The summed E-state index contributed by atoms with van der Waals surface area (Å²) >= 11 is 0. The number of carbonyl (C=O) groups excluding carboxylic acids is 1. The molecule has 1 unspecified atom stereocenters. The first-order valence-electron chi connectivity index (χ1n) is 5.83. The van der Waals surface area contributed by atoms with E-state index >= 15 is 0 Å². The molecule has 0 radical (unpaired) electrons. The molecule has 4 heteroatoms. The van der Waals surface area contributed by atoms with Gasteiger partial charge in [0.15, 0.2) is 0 Å². The summed E-state index contributed by atoms with van der Waals surface area (Å²) in [5.41, 5.74) is 0.993. The number of ether oxygens (including phenoxy) is 2. The Labute approximate surface area is 101 Å². The maximum Gasteiger partial charge on any atom is 0.411 e. The summed E-state index contributed by atoms with van der Waals surface area (Å²) in [5.74, 6) is 0. The molecule has 0 saturated carbocycles. The second-order valence-corrected chi connectivity index (χ2v) is 4.20. The minimum Gasteiger partial charge on any atom is -0.444 e. The summed E-state index contributed by atoms with van der Waals surface area (Å²) in [5, 5.41) is 0. The monoisotopic (exact) mass is 235 g/mol. The average molecular weight is 235 g/mol. The summed E-state index contributed by atoms with van der Waals surface area (Å²) in [7, 11) is 0. The van der Waals surface area contributed by atoms with E-state index in [2.05, 4.69) is 0 Å². The summed E-state index contributed by atoms with van der Waals surface area (Å²) in [4.78, 5) is 13.3. The van der Waals surface area contributed by atoms with E-state index in [4.69, 9.17) is 9.47 Å². The molecule has 92 valence electrons. The molecule has 1 heterocycles. The van der Waals surface area contributed by atoms with Crippen molar-refractivity contribution in [1.29, 1.82) is 0 Å². The zero-order valence-electron chi connectivity index (χ0n) is 9.96. The van der Waals surface area contributed by atoms with Crippen molar-refractivity contribution in [2.75, 3.05) is 13.3 Å². The van der Waals surface area contributed by atoms with E-state index in [1.54, 1.807) is 4.90 Å². The molecule has 1 aliphatic heterocycles. The van der Waals surface area contributed by atoms with Crippen LogP contribution in [0, 0.1) is 0 Å². The van der Waals surface area contributed by atoms with Crippen LogP contribution in [0.1, 0.15) is 18.9 Å². The van der Waals surface area contributed by atoms with Gasteiger partial charge in [0.1, 0.15) is 13.3 Å². The maximum absolute atomic E-state index is 11.7. The van der Waals surface area contributed by atoms with Gasteiger partial charge in [0, 0.05) is 6.54 Å². The molecule has 1 saturated heterocycles. The number of hydrogen-bond donors (Lipinski definition) is 0. The van der Waals surface area contributed by atoms with Gasteiger partial charge in [-0.25, -0.2) is 4.79 Å². The van der Waals surface area contributed by atoms with Crippen molar-refractivity contribution in [2.24, 2.45) is 0 Å². The predicted octanol–water partition coefficient (Wildman–Crippen LogP) is 2.39. The van der Waals surface area contributed by atoms with Gasteiger partial charge in [-0.3, -0.25) is 4.90 Å². The first kappa shape index (κ1) is 11.9. The van der Waals surface area contributed by atoms with Crippen molar-refractivity contribution in [3.8, 4) is 0 Å². The molecule has 1 fully saturated rings. The molecule has 0 bridgehead atoms. The number of hydrogen-bond acceptors (Lipinski definition) is 3. The molecular formula is C13H17NO3. The number of nitrogens with zero attached hydrogens (tertiary/aromatic N) is 1.